The number of anilines is 1. The summed E-state index contributed by atoms with van der Waals surface area (Å²) in [6.45, 7) is 1.38. The molecule has 0 saturated carbocycles. The van der Waals surface area contributed by atoms with Crippen LogP contribution in [0.25, 0.3) is 0 Å². The van der Waals surface area contributed by atoms with Crippen molar-refractivity contribution < 1.29 is 5.11 Å². The minimum absolute atomic E-state index is 0.00666. The number of hydrogen-bond donors (Lipinski definition) is 4. The number of aliphatic hydroxyl groups excluding tert-OH is 1. The summed E-state index contributed by atoms with van der Waals surface area (Å²) in [5.41, 5.74) is 17.7. The normalized spacial score (nSPS) is 19.5. The van der Waals surface area contributed by atoms with Crippen LogP contribution in [-0.4, -0.2) is 36.2 Å². The van der Waals surface area contributed by atoms with Crippen molar-refractivity contribution in [2.24, 2.45) is 27.2 Å². The lowest BCUT2D eigenvalue weighted by molar-refractivity contribution is 0.198. The van der Waals surface area contributed by atoms with Gasteiger partial charge in [-0.15, -0.1) is 0 Å². The molecular formula is C12H18N6O. The average molecular weight is 262 g/mol. The molecule has 0 spiro atoms. The van der Waals surface area contributed by atoms with Crippen LogP contribution in [0.15, 0.2) is 34.3 Å². The Balaban J connectivity index is 2.29. The van der Waals surface area contributed by atoms with Gasteiger partial charge in [0.2, 0.25) is 5.96 Å². The molecule has 0 radical (unpaired) electrons. The summed E-state index contributed by atoms with van der Waals surface area (Å²) in [4.78, 5) is 9.94. The van der Waals surface area contributed by atoms with E-state index in [0.717, 1.165) is 18.7 Å². The van der Waals surface area contributed by atoms with E-state index in [2.05, 4.69) is 14.9 Å². The zero-order valence-electron chi connectivity index (χ0n) is 10.5. The van der Waals surface area contributed by atoms with Gasteiger partial charge in [0.25, 0.3) is 0 Å². The van der Waals surface area contributed by atoms with Crippen LogP contribution in [0.4, 0.5) is 11.4 Å². The summed E-state index contributed by atoms with van der Waals surface area (Å²) in [5, 5.41) is 9.60. The molecule has 0 aromatic heterocycles. The highest BCUT2D eigenvalue weighted by molar-refractivity contribution is 5.94. The lowest BCUT2D eigenvalue weighted by Gasteiger charge is -2.19. The van der Waals surface area contributed by atoms with Crippen molar-refractivity contribution in [2.45, 2.75) is 12.5 Å². The average Bonchev–Trinajstić information content (AvgIpc) is 2.75. The monoisotopic (exact) mass is 262 g/mol. The Morgan fingerprint density at radius 2 is 2.00 bits per heavy atom. The van der Waals surface area contributed by atoms with Crippen molar-refractivity contribution in [3.05, 3.63) is 24.3 Å². The Labute approximate surface area is 111 Å². The van der Waals surface area contributed by atoms with Crippen molar-refractivity contribution in [2.75, 3.05) is 18.0 Å². The Bertz CT molecular complexity index is 509. The number of aliphatic imine (C=N–C) groups is 2. The summed E-state index contributed by atoms with van der Waals surface area (Å²) in [6.07, 6.45) is 0.452. The number of guanidine groups is 2. The van der Waals surface area contributed by atoms with Crippen LogP contribution in [0.1, 0.15) is 6.42 Å². The highest BCUT2D eigenvalue weighted by Gasteiger charge is 2.22. The third-order valence-corrected chi connectivity index (χ3v) is 2.86. The first kappa shape index (κ1) is 13.2. The fourth-order valence-corrected chi connectivity index (χ4v) is 2.07. The molecule has 2 rings (SSSR count). The fourth-order valence-electron chi connectivity index (χ4n) is 2.07. The first-order valence-electron chi connectivity index (χ1n) is 6.02. The largest absolute Gasteiger partial charge is 0.391 e. The maximum atomic E-state index is 9.60. The van der Waals surface area contributed by atoms with E-state index in [0.29, 0.717) is 12.2 Å². The number of nitrogens with zero attached hydrogens (tertiary/aromatic N) is 3. The fraction of sp³-hybridized carbons (Fsp3) is 0.333. The van der Waals surface area contributed by atoms with Gasteiger partial charge in [0, 0.05) is 13.1 Å². The van der Waals surface area contributed by atoms with Crippen molar-refractivity contribution in [1.82, 2.24) is 0 Å². The van der Waals surface area contributed by atoms with Crippen LogP contribution in [0, 0.1) is 0 Å². The smallest absolute Gasteiger partial charge is 0.223 e. The molecule has 0 aliphatic carbocycles. The van der Waals surface area contributed by atoms with E-state index in [1.807, 2.05) is 24.3 Å². The molecule has 1 aromatic carbocycles. The van der Waals surface area contributed by atoms with Crippen LogP contribution in [-0.2, 0) is 0 Å². The number of β-amino-alcohol motifs (C(OH)–C–C–N with tert-alkyl or cyclic N) is 1. The topological polar surface area (TPSA) is 126 Å². The van der Waals surface area contributed by atoms with Crippen LogP contribution in [0.3, 0.4) is 0 Å². The van der Waals surface area contributed by atoms with E-state index in [4.69, 9.17) is 17.2 Å². The second-order valence-electron chi connectivity index (χ2n) is 4.38. The number of nitrogens with two attached hydrogens (primary N) is 3. The minimum Gasteiger partial charge on any atom is -0.391 e. The van der Waals surface area contributed by atoms with E-state index in [1.54, 1.807) is 0 Å². The zero-order valence-corrected chi connectivity index (χ0v) is 10.5. The summed E-state index contributed by atoms with van der Waals surface area (Å²) >= 11 is 0. The standard InChI is InChI=1S/C12H18N6O/c13-11(14)17-12(15)16-9-3-1-2-4-10(9)18-6-5-8(19)7-18/h1-4,8,19H,5-7H2,(H6,13,14,15,16,17). The quantitative estimate of drug-likeness (QED) is 0.421. The molecule has 1 aromatic rings. The predicted molar refractivity (Wildman–Crippen MR) is 76.4 cm³/mol. The molecule has 1 fully saturated rings. The molecule has 7 heteroatoms. The molecule has 1 unspecified atom stereocenters. The predicted octanol–water partition coefficient (Wildman–Crippen LogP) is -0.523. The highest BCUT2D eigenvalue weighted by Crippen LogP contribution is 2.30. The number of benzene rings is 1. The number of para-hydroxylation sites is 2. The Hall–Kier alpha value is -2.28. The molecular weight excluding hydrogens is 244 g/mol. The van der Waals surface area contributed by atoms with Crippen LogP contribution in [0.5, 0.6) is 0 Å². The molecule has 1 aliphatic heterocycles. The Morgan fingerprint density at radius 1 is 1.26 bits per heavy atom. The van der Waals surface area contributed by atoms with Crippen molar-refractivity contribution in [3.63, 3.8) is 0 Å². The lowest BCUT2D eigenvalue weighted by Crippen LogP contribution is -2.26. The molecule has 1 heterocycles. The Morgan fingerprint density at radius 3 is 2.63 bits per heavy atom. The van der Waals surface area contributed by atoms with E-state index in [9.17, 15) is 5.11 Å². The molecule has 7 nitrogen and oxygen atoms in total. The second-order valence-corrected chi connectivity index (χ2v) is 4.38. The van der Waals surface area contributed by atoms with Crippen LogP contribution in [0.2, 0.25) is 0 Å². The van der Waals surface area contributed by atoms with Crippen molar-refractivity contribution >= 4 is 23.3 Å². The molecule has 1 saturated heterocycles. The van der Waals surface area contributed by atoms with Gasteiger partial charge in [-0.1, -0.05) is 12.1 Å². The summed E-state index contributed by atoms with van der Waals surface area (Å²) < 4.78 is 0. The van der Waals surface area contributed by atoms with Crippen LogP contribution < -0.4 is 22.1 Å². The van der Waals surface area contributed by atoms with E-state index in [1.165, 1.54) is 0 Å². The Kier molecular flexibility index (Phi) is 3.86. The van der Waals surface area contributed by atoms with Gasteiger partial charge in [0.1, 0.15) is 0 Å². The van der Waals surface area contributed by atoms with E-state index < -0.39 is 0 Å². The zero-order chi connectivity index (χ0) is 13.8. The summed E-state index contributed by atoms with van der Waals surface area (Å²) in [6, 6.07) is 7.53. The molecule has 0 amide bonds. The molecule has 1 atom stereocenters. The number of hydrogen-bond acceptors (Lipinski definition) is 3. The van der Waals surface area contributed by atoms with E-state index in [-0.39, 0.29) is 18.0 Å². The van der Waals surface area contributed by atoms with Crippen molar-refractivity contribution in [1.29, 1.82) is 0 Å². The van der Waals surface area contributed by atoms with Gasteiger partial charge in [0.05, 0.1) is 17.5 Å². The third-order valence-electron chi connectivity index (χ3n) is 2.86. The van der Waals surface area contributed by atoms with Gasteiger partial charge in [-0.05, 0) is 18.6 Å². The summed E-state index contributed by atoms with van der Waals surface area (Å²) in [7, 11) is 0. The maximum absolute atomic E-state index is 9.60. The van der Waals surface area contributed by atoms with Gasteiger partial charge < -0.3 is 27.2 Å². The second kappa shape index (κ2) is 5.57. The summed E-state index contributed by atoms with van der Waals surface area (Å²) in [5.74, 6) is -0.123. The maximum Gasteiger partial charge on any atom is 0.223 e. The van der Waals surface area contributed by atoms with Gasteiger partial charge in [-0.2, -0.15) is 4.99 Å². The molecule has 0 bridgehead atoms. The SMILES string of the molecule is NC(N)=NC(N)=Nc1ccccc1N1CCC(O)C1. The lowest BCUT2D eigenvalue weighted by atomic mass is 10.2. The number of aliphatic hydroxyl groups is 1. The van der Waals surface area contributed by atoms with E-state index >= 15 is 0 Å². The minimum atomic E-state index is -0.299. The first-order valence-corrected chi connectivity index (χ1v) is 6.02. The van der Waals surface area contributed by atoms with Crippen LogP contribution >= 0.6 is 0 Å². The molecule has 7 N–H and O–H groups in total. The third kappa shape index (κ3) is 3.35. The number of rotatable bonds is 2. The molecule has 102 valence electrons. The molecule has 19 heavy (non-hydrogen) atoms. The highest BCUT2D eigenvalue weighted by atomic mass is 16.3. The van der Waals surface area contributed by atoms with Gasteiger partial charge in [-0.3, -0.25) is 0 Å². The van der Waals surface area contributed by atoms with Gasteiger partial charge in [-0.25, -0.2) is 4.99 Å². The molecule has 1 aliphatic rings. The van der Waals surface area contributed by atoms with Gasteiger partial charge in [0.15, 0.2) is 5.96 Å². The van der Waals surface area contributed by atoms with Gasteiger partial charge >= 0.3 is 0 Å². The van der Waals surface area contributed by atoms with Crippen molar-refractivity contribution in [3.8, 4) is 0 Å². The first-order chi connectivity index (χ1) is 9.06.